The van der Waals surface area contributed by atoms with Crippen molar-refractivity contribution in [2.45, 2.75) is 100 Å². The summed E-state index contributed by atoms with van der Waals surface area (Å²) in [5.74, 6) is 0.724. The Bertz CT molecular complexity index is 946. The van der Waals surface area contributed by atoms with E-state index >= 15 is 0 Å². The van der Waals surface area contributed by atoms with Crippen LogP contribution in [-0.2, 0) is 10.2 Å². The number of thioether (sulfide) groups is 1. The van der Waals surface area contributed by atoms with Gasteiger partial charge in [0, 0.05) is 22.7 Å². The van der Waals surface area contributed by atoms with Crippen molar-refractivity contribution in [1.82, 2.24) is 9.88 Å². The second-order valence-corrected chi connectivity index (χ2v) is 12.2. The van der Waals surface area contributed by atoms with Gasteiger partial charge in [-0.05, 0) is 58.6 Å². The molecule has 2 saturated heterocycles. The van der Waals surface area contributed by atoms with Crippen LogP contribution < -0.4 is 0 Å². The van der Waals surface area contributed by atoms with Crippen LogP contribution in [0.25, 0.3) is 11.1 Å². The average molecular weight is 451 g/mol. The van der Waals surface area contributed by atoms with Crippen LogP contribution in [0.3, 0.4) is 0 Å². The molecular weight excluding hydrogens is 420 g/mol. The predicted octanol–water partition coefficient (Wildman–Crippen LogP) is 6.80. The second kappa shape index (κ2) is 7.63. The van der Waals surface area contributed by atoms with E-state index < -0.39 is 5.60 Å². The summed E-state index contributed by atoms with van der Waals surface area (Å²) < 4.78 is 11.8. The molecule has 30 heavy (non-hydrogen) atoms. The number of fused-ring (bicyclic) bond motifs is 3. The van der Waals surface area contributed by atoms with Gasteiger partial charge < -0.3 is 14.1 Å². The number of hydrogen-bond donors (Lipinski definition) is 0. The Labute approximate surface area is 187 Å². The molecule has 1 aromatic heterocycles. The van der Waals surface area contributed by atoms with Crippen molar-refractivity contribution >= 4 is 40.6 Å². The summed E-state index contributed by atoms with van der Waals surface area (Å²) in [6.45, 7) is 12.0. The predicted molar refractivity (Wildman–Crippen MR) is 121 cm³/mol. The van der Waals surface area contributed by atoms with Gasteiger partial charge in [-0.25, -0.2) is 9.78 Å². The number of oxazole rings is 1. The zero-order valence-electron chi connectivity index (χ0n) is 18.6. The molecule has 0 spiro atoms. The van der Waals surface area contributed by atoms with E-state index in [1.807, 2.05) is 37.8 Å². The van der Waals surface area contributed by atoms with Crippen molar-refractivity contribution in [3.05, 3.63) is 23.0 Å². The molecule has 1 unspecified atom stereocenters. The van der Waals surface area contributed by atoms with Gasteiger partial charge in [0.05, 0.1) is 9.92 Å². The standard InChI is InChI=1S/C23H31ClN2O3S/c1-22(2,3)20-25-17-10-9-16(24)19(18(17)28-20)30-15-11-13-7-8-14(12-15)26(13)21(27)29-23(4,5)6/h9-10,13-15H,7-8,11-12H2,1-6H3/t13-,14+,15?. The van der Waals surface area contributed by atoms with E-state index in [9.17, 15) is 4.79 Å². The third-order valence-corrected chi connectivity index (χ3v) is 7.47. The quantitative estimate of drug-likeness (QED) is 0.503. The summed E-state index contributed by atoms with van der Waals surface area (Å²) in [5, 5.41) is 1.08. The smallest absolute Gasteiger partial charge is 0.410 e. The van der Waals surface area contributed by atoms with Gasteiger partial charge in [0.1, 0.15) is 11.1 Å². The summed E-state index contributed by atoms with van der Waals surface area (Å²) in [6.07, 6.45) is 3.77. The molecule has 0 radical (unpaired) electrons. The van der Waals surface area contributed by atoms with E-state index in [2.05, 4.69) is 25.8 Å². The fourth-order valence-electron chi connectivity index (χ4n) is 4.38. The molecule has 0 N–H and O–H groups in total. The first-order valence-electron chi connectivity index (χ1n) is 10.7. The molecule has 0 aliphatic carbocycles. The first-order chi connectivity index (χ1) is 13.9. The van der Waals surface area contributed by atoms with E-state index in [1.165, 1.54) is 0 Å². The molecule has 0 saturated carbocycles. The van der Waals surface area contributed by atoms with Crippen LogP contribution in [0.4, 0.5) is 4.79 Å². The lowest BCUT2D eigenvalue weighted by molar-refractivity contribution is 0.00842. The number of amides is 1. The van der Waals surface area contributed by atoms with Gasteiger partial charge in [-0.15, -0.1) is 11.8 Å². The zero-order chi connectivity index (χ0) is 21.8. The first kappa shape index (κ1) is 21.8. The number of hydrogen-bond acceptors (Lipinski definition) is 5. The van der Waals surface area contributed by atoms with Crippen LogP contribution in [0.2, 0.25) is 5.02 Å². The Morgan fingerprint density at radius 3 is 2.37 bits per heavy atom. The molecule has 7 heteroatoms. The lowest BCUT2D eigenvalue weighted by Crippen LogP contribution is -2.49. The van der Waals surface area contributed by atoms with Gasteiger partial charge in [-0.3, -0.25) is 0 Å². The first-order valence-corrected chi connectivity index (χ1v) is 12.0. The number of halogens is 1. The summed E-state index contributed by atoms with van der Waals surface area (Å²) in [7, 11) is 0. The van der Waals surface area contributed by atoms with Gasteiger partial charge in [-0.1, -0.05) is 32.4 Å². The largest absolute Gasteiger partial charge is 0.444 e. The Morgan fingerprint density at radius 1 is 1.17 bits per heavy atom. The van der Waals surface area contributed by atoms with Crippen molar-refractivity contribution in [1.29, 1.82) is 0 Å². The molecule has 2 aliphatic heterocycles. The highest BCUT2D eigenvalue weighted by atomic mass is 35.5. The molecule has 2 aliphatic rings. The van der Waals surface area contributed by atoms with Crippen molar-refractivity contribution in [2.24, 2.45) is 0 Å². The van der Waals surface area contributed by atoms with Gasteiger partial charge in [0.25, 0.3) is 0 Å². The minimum atomic E-state index is -0.470. The van der Waals surface area contributed by atoms with Gasteiger partial charge in [0.2, 0.25) is 5.89 Å². The number of nitrogens with zero attached hydrogens (tertiary/aromatic N) is 2. The van der Waals surface area contributed by atoms with Crippen molar-refractivity contribution in [2.75, 3.05) is 0 Å². The van der Waals surface area contributed by atoms with Crippen molar-refractivity contribution in [3.63, 3.8) is 0 Å². The Hall–Kier alpha value is -1.40. The van der Waals surface area contributed by atoms with Crippen LogP contribution >= 0.6 is 23.4 Å². The number of piperidine rings is 1. The molecule has 2 fully saturated rings. The average Bonchev–Trinajstić information content (AvgIpc) is 3.15. The molecule has 3 heterocycles. The van der Waals surface area contributed by atoms with Crippen LogP contribution in [0, 0.1) is 0 Å². The highest BCUT2D eigenvalue weighted by Gasteiger charge is 2.45. The third-order valence-electron chi connectivity index (χ3n) is 5.68. The summed E-state index contributed by atoms with van der Waals surface area (Å²) >= 11 is 8.37. The highest BCUT2D eigenvalue weighted by Crippen LogP contribution is 2.46. The number of ether oxygens (including phenoxy) is 1. The van der Waals surface area contributed by atoms with Gasteiger partial charge in [0.15, 0.2) is 5.58 Å². The number of aromatic nitrogens is 1. The van der Waals surface area contributed by atoms with Gasteiger partial charge in [-0.2, -0.15) is 0 Å². The number of benzene rings is 1. The SMILES string of the molecule is CC(C)(C)OC(=O)N1[C@@H]2CC[C@H]1CC(Sc1c(Cl)ccc3nc(C(C)(C)C)oc13)C2. The minimum absolute atomic E-state index is 0.161. The second-order valence-electron chi connectivity index (χ2n) is 10.5. The molecule has 2 aromatic rings. The molecule has 5 nitrogen and oxygen atoms in total. The van der Waals surface area contributed by atoms with E-state index in [-0.39, 0.29) is 23.6 Å². The van der Waals surface area contributed by atoms with E-state index in [0.29, 0.717) is 10.3 Å². The minimum Gasteiger partial charge on any atom is -0.444 e. The molecule has 164 valence electrons. The van der Waals surface area contributed by atoms with Crippen LogP contribution in [0.15, 0.2) is 21.4 Å². The number of carbonyl (C=O) groups excluding carboxylic acids is 1. The fourth-order valence-corrected chi connectivity index (χ4v) is 6.06. The maximum Gasteiger partial charge on any atom is 0.410 e. The summed E-state index contributed by atoms with van der Waals surface area (Å²) in [5.41, 5.74) is 0.994. The topological polar surface area (TPSA) is 55.6 Å². The van der Waals surface area contributed by atoms with E-state index in [0.717, 1.165) is 47.6 Å². The lowest BCUT2D eigenvalue weighted by Gasteiger charge is -2.39. The van der Waals surface area contributed by atoms with Crippen LogP contribution in [0.1, 0.15) is 73.1 Å². The summed E-state index contributed by atoms with van der Waals surface area (Å²) in [4.78, 5) is 20.3. The van der Waals surface area contributed by atoms with Gasteiger partial charge >= 0.3 is 6.09 Å². The maximum absolute atomic E-state index is 12.7. The van der Waals surface area contributed by atoms with Crippen LogP contribution in [0.5, 0.6) is 0 Å². The molecular formula is C23H31ClN2O3S. The molecule has 2 bridgehead atoms. The Kier molecular flexibility index (Phi) is 5.55. The fraction of sp³-hybridized carbons (Fsp3) is 0.652. The third kappa shape index (κ3) is 4.31. The lowest BCUT2D eigenvalue weighted by atomic mass is 9.97. The number of rotatable bonds is 2. The maximum atomic E-state index is 12.7. The molecule has 3 atom stereocenters. The monoisotopic (exact) mass is 450 g/mol. The van der Waals surface area contributed by atoms with E-state index in [4.69, 9.17) is 20.8 Å². The van der Waals surface area contributed by atoms with Crippen molar-refractivity contribution < 1.29 is 13.9 Å². The Balaban J connectivity index is 1.54. The molecule has 4 rings (SSSR count). The van der Waals surface area contributed by atoms with Crippen LogP contribution in [-0.4, -0.2) is 38.9 Å². The molecule has 1 amide bonds. The molecule has 1 aromatic carbocycles. The van der Waals surface area contributed by atoms with Crippen molar-refractivity contribution in [3.8, 4) is 0 Å². The van der Waals surface area contributed by atoms with E-state index in [1.54, 1.807) is 11.8 Å². The summed E-state index contributed by atoms with van der Waals surface area (Å²) in [6, 6.07) is 4.30. The Morgan fingerprint density at radius 2 is 1.80 bits per heavy atom. The zero-order valence-corrected chi connectivity index (χ0v) is 20.2. The number of carbonyl (C=O) groups is 1. The normalized spacial score (nSPS) is 24.5. The highest BCUT2D eigenvalue weighted by molar-refractivity contribution is 8.00.